The second-order valence-corrected chi connectivity index (χ2v) is 9.96. The fraction of sp³-hybridized carbons (Fsp3) is 0.346. The Morgan fingerprint density at radius 2 is 1.71 bits per heavy atom. The van der Waals surface area contributed by atoms with E-state index in [1.54, 1.807) is 17.4 Å². The monoisotopic (exact) mass is 495 g/mol. The van der Waals surface area contributed by atoms with Crippen LogP contribution in [0.15, 0.2) is 54.9 Å². The van der Waals surface area contributed by atoms with E-state index in [-0.39, 0.29) is 11.9 Å². The summed E-state index contributed by atoms with van der Waals surface area (Å²) in [6.45, 7) is 2.72. The molecule has 1 aromatic heterocycles. The molecule has 35 heavy (non-hydrogen) atoms. The fourth-order valence-electron chi connectivity index (χ4n) is 5.69. The highest BCUT2D eigenvalue weighted by molar-refractivity contribution is 6.33. The molecule has 0 saturated carbocycles. The van der Waals surface area contributed by atoms with Gasteiger partial charge in [-0.2, -0.15) is 0 Å². The predicted octanol–water partition coefficient (Wildman–Crippen LogP) is 4.87. The van der Waals surface area contributed by atoms with Crippen molar-refractivity contribution in [1.29, 1.82) is 0 Å². The molecule has 3 aliphatic heterocycles. The minimum atomic E-state index is -0.616. The van der Waals surface area contributed by atoms with E-state index in [4.69, 9.17) is 11.6 Å². The Balaban J connectivity index is 1.16. The lowest BCUT2D eigenvalue weighted by molar-refractivity contribution is -0.143. The van der Waals surface area contributed by atoms with Crippen LogP contribution in [0.3, 0.4) is 0 Å². The number of benzene rings is 2. The van der Waals surface area contributed by atoms with Crippen molar-refractivity contribution in [2.45, 2.75) is 25.3 Å². The van der Waals surface area contributed by atoms with Crippen LogP contribution < -0.4 is 4.90 Å². The average molecular weight is 496 g/mol. The Hall–Kier alpha value is -3.10. The van der Waals surface area contributed by atoms with Gasteiger partial charge in [0.2, 0.25) is 5.91 Å². The van der Waals surface area contributed by atoms with Gasteiger partial charge in [0.05, 0.1) is 34.6 Å². The number of hydrazine groups is 1. The van der Waals surface area contributed by atoms with E-state index in [0.717, 1.165) is 17.4 Å². The molecule has 1 atom stereocenters. The van der Waals surface area contributed by atoms with Crippen LogP contribution in [-0.2, 0) is 4.79 Å². The molecule has 1 amide bonds. The molecule has 2 aromatic carbocycles. The van der Waals surface area contributed by atoms with E-state index < -0.39 is 17.0 Å². The van der Waals surface area contributed by atoms with Crippen LogP contribution in [0, 0.1) is 17.0 Å². The first-order valence-electron chi connectivity index (χ1n) is 11.8. The van der Waals surface area contributed by atoms with E-state index in [9.17, 15) is 13.6 Å². The summed E-state index contributed by atoms with van der Waals surface area (Å²) in [5, 5.41) is 4.44. The first-order chi connectivity index (χ1) is 16.9. The van der Waals surface area contributed by atoms with Crippen molar-refractivity contribution < 1.29 is 13.6 Å². The number of hydrogen-bond acceptors (Lipinski definition) is 5. The Morgan fingerprint density at radius 1 is 0.971 bits per heavy atom. The largest absolute Gasteiger partial charge is 0.355 e. The van der Waals surface area contributed by atoms with Gasteiger partial charge in [-0.3, -0.25) is 14.8 Å². The summed E-state index contributed by atoms with van der Waals surface area (Å²) in [6, 6.07) is 10.7. The number of nitrogens with zero attached hydrogens (tertiary/aromatic N) is 5. The number of carbonyl (C=O) groups excluding carboxylic acids is 1. The van der Waals surface area contributed by atoms with Crippen molar-refractivity contribution in [2.24, 2.45) is 5.41 Å². The van der Waals surface area contributed by atoms with Crippen LogP contribution in [-0.4, -0.2) is 52.1 Å². The van der Waals surface area contributed by atoms with Gasteiger partial charge in [-0.25, -0.2) is 18.8 Å². The van der Waals surface area contributed by atoms with E-state index in [1.165, 1.54) is 12.1 Å². The van der Waals surface area contributed by atoms with Gasteiger partial charge in [-0.15, -0.1) is 0 Å². The number of halogens is 3. The average Bonchev–Trinajstić information content (AvgIpc) is 3.37. The van der Waals surface area contributed by atoms with E-state index in [2.05, 4.69) is 19.9 Å². The fourth-order valence-corrected chi connectivity index (χ4v) is 5.92. The van der Waals surface area contributed by atoms with Crippen LogP contribution in [0.1, 0.15) is 30.9 Å². The molecule has 6 rings (SSSR count). The van der Waals surface area contributed by atoms with Crippen LogP contribution in [0.5, 0.6) is 0 Å². The minimum Gasteiger partial charge on any atom is -0.355 e. The van der Waals surface area contributed by atoms with Gasteiger partial charge in [0.25, 0.3) is 0 Å². The van der Waals surface area contributed by atoms with Crippen molar-refractivity contribution in [3.63, 3.8) is 0 Å². The predicted molar refractivity (Wildman–Crippen MR) is 128 cm³/mol. The SMILES string of the molecule is O=C1N2[C@H](c3cc(F)cc(F)c3)CCN2CC12CCN(c1cnc(-c3ccccc3Cl)cn1)CC2. The summed E-state index contributed by atoms with van der Waals surface area (Å²) in [6.07, 6.45) is 5.54. The van der Waals surface area contributed by atoms with Crippen LogP contribution in [0.25, 0.3) is 11.3 Å². The van der Waals surface area contributed by atoms with Crippen molar-refractivity contribution in [3.05, 3.63) is 77.1 Å². The Kier molecular flexibility index (Phi) is 5.45. The Morgan fingerprint density at radius 3 is 2.40 bits per heavy atom. The lowest BCUT2D eigenvalue weighted by Crippen LogP contribution is -2.46. The highest BCUT2D eigenvalue weighted by atomic mass is 35.5. The molecule has 180 valence electrons. The van der Waals surface area contributed by atoms with E-state index >= 15 is 0 Å². The summed E-state index contributed by atoms with van der Waals surface area (Å²) in [5.41, 5.74) is 1.59. The molecule has 9 heteroatoms. The van der Waals surface area contributed by atoms with Crippen LogP contribution in [0.4, 0.5) is 14.6 Å². The van der Waals surface area contributed by atoms with Gasteiger partial charge in [0.1, 0.15) is 17.5 Å². The van der Waals surface area contributed by atoms with Gasteiger partial charge >= 0.3 is 0 Å². The van der Waals surface area contributed by atoms with Gasteiger partial charge in [-0.1, -0.05) is 29.8 Å². The van der Waals surface area contributed by atoms with Gasteiger partial charge in [0, 0.05) is 37.8 Å². The zero-order valence-corrected chi connectivity index (χ0v) is 19.8. The normalized spacial score (nSPS) is 21.7. The number of aromatic nitrogens is 2. The third-order valence-electron chi connectivity index (χ3n) is 7.51. The molecule has 0 unspecified atom stereocenters. The van der Waals surface area contributed by atoms with Crippen molar-refractivity contribution >= 4 is 23.3 Å². The maximum absolute atomic E-state index is 13.8. The summed E-state index contributed by atoms with van der Waals surface area (Å²) >= 11 is 6.28. The standard InChI is InChI=1S/C26H24ClF2N5O/c27-21-4-2-1-3-20(21)22-14-31-24(15-30-22)32-9-6-26(7-10-32)16-33-8-5-23(34(33)25(26)35)17-11-18(28)13-19(29)12-17/h1-4,11-15,23H,5-10,16H2/t23-/m0/s1. The molecule has 4 heterocycles. The number of amides is 1. The number of anilines is 1. The zero-order chi connectivity index (χ0) is 24.2. The summed E-state index contributed by atoms with van der Waals surface area (Å²) in [5.74, 6) is -0.399. The maximum Gasteiger partial charge on any atom is 0.245 e. The molecule has 1 spiro atoms. The van der Waals surface area contributed by atoms with E-state index in [0.29, 0.717) is 61.7 Å². The summed E-state index contributed by atoms with van der Waals surface area (Å²) in [4.78, 5) is 25.0. The smallest absolute Gasteiger partial charge is 0.245 e. The van der Waals surface area contributed by atoms with Gasteiger partial charge in [0.15, 0.2) is 0 Å². The Labute approximate surface area is 207 Å². The highest BCUT2D eigenvalue weighted by Crippen LogP contribution is 2.47. The Bertz CT molecular complexity index is 1260. The molecule has 3 aromatic rings. The second-order valence-electron chi connectivity index (χ2n) is 9.55. The molecule has 0 bridgehead atoms. The third-order valence-corrected chi connectivity index (χ3v) is 7.84. The molecular formula is C26H24ClF2N5O. The lowest BCUT2D eigenvalue weighted by Gasteiger charge is -2.38. The second kappa shape index (κ2) is 8.53. The topological polar surface area (TPSA) is 52.6 Å². The number of hydrogen-bond donors (Lipinski definition) is 0. The number of fused-ring (bicyclic) bond motifs is 1. The van der Waals surface area contributed by atoms with Gasteiger partial charge in [-0.05, 0) is 43.0 Å². The molecule has 3 fully saturated rings. The molecule has 3 aliphatic rings. The molecule has 6 nitrogen and oxygen atoms in total. The minimum absolute atomic E-state index is 0.0597. The molecule has 0 N–H and O–H groups in total. The van der Waals surface area contributed by atoms with Crippen molar-refractivity contribution in [1.82, 2.24) is 20.0 Å². The van der Waals surface area contributed by atoms with Crippen LogP contribution in [0.2, 0.25) is 5.02 Å². The molecule has 0 radical (unpaired) electrons. The first-order valence-corrected chi connectivity index (χ1v) is 12.2. The van der Waals surface area contributed by atoms with E-state index in [1.807, 2.05) is 24.3 Å². The maximum atomic E-state index is 13.8. The molecular weight excluding hydrogens is 472 g/mol. The highest BCUT2D eigenvalue weighted by Gasteiger charge is 2.56. The van der Waals surface area contributed by atoms with Crippen LogP contribution >= 0.6 is 11.6 Å². The molecule has 0 aliphatic carbocycles. The number of rotatable bonds is 3. The van der Waals surface area contributed by atoms with Gasteiger partial charge < -0.3 is 4.90 Å². The summed E-state index contributed by atoms with van der Waals surface area (Å²) < 4.78 is 27.7. The lowest BCUT2D eigenvalue weighted by atomic mass is 9.77. The molecule has 3 saturated heterocycles. The number of piperidine rings is 1. The number of carbonyl (C=O) groups is 1. The quantitative estimate of drug-likeness (QED) is 0.519. The first kappa shape index (κ1) is 22.4. The zero-order valence-electron chi connectivity index (χ0n) is 19.0. The summed E-state index contributed by atoms with van der Waals surface area (Å²) in [7, 11) is 0. The van der Waals surface area contributed by atoms with Crippen molar-refractivity contribution in [2.75, 3.05) is 31.1 Å². The third kappa shape index (κ3) is 3.85. The van der Waals surface area contributed by atoms with Crippen molar-refractivity contribution in [3.8, 4) is 11.3 Å².